The van der Waals surface area contributed by atoms with Gasteiger partial charge in [0.15, 0.2) is 5.82 Å². The number of nitrogens with one attached hydrogen (secondary N) is 1. The highest BCUT2D eigenvalue weighted by Gasteiger charge is 2.30. The maximum Gasteiger partial charge on any atom is 0.416 e. The number of rotatable bonds is 3. The van der Waals surface area contributed by atoms with Crippen LogP contribution in [0.2, 0.25) is 0 Å². The highest BCUT2D eigenvalue weighted by Crippen LogP contribution is 2.30. The Morgan fingerprint density at radius 1 is 0.861 bits per heavy atom. The number of anilines is 2. The van der Waals surface area contributed by atoms with Gasteiger partial charge in [-0.3, -0.25) is 0 Å². The smallest absolute Gasteiger partial charge is 0.352 e. The minimum absolute atomic E-state index is 0.319. The lowest BCUT2D eigenvalue weighted by atomic mass is 10.1. The predicted molar refractivity (Wildman–Crippen MR) is 134 cm³/mol. The third-order valence-electron chi connectivity index (χ3n) is 6.22. The number of urea groups is 1. The van der Waals surface area contributed by atoms with Crippen molar-refractivity contribution in [1.29, 1.82) is 0 Å². The number of fused-ring (bicyclic) bond motifs is 1. The molecule has 0 unspecified atom stereocenters. The average Bonchev–Trinajstić information content (AvgIpc) is 2.88. The third kappa shape index (κ3) is 4.95. The van der Waals surface area contributed by atoms with Gasteiger partial charge in [-0.1, -0.05) is 42.0 Å². The van der Waals surface area contributed by atoms with Gasteiger partial charge in [0.05, 0.1) is 11.1 Å². The SMILES string of the molecule is Cc1ccc(-c2nc(N3CCN(C(=O)Nc4ccc(C(F)(F)F)cc4)CC3)c3ccccc3n2)cc1. The van der Waals surface area contributed by atoms with E-state index in [0.717, 1.165) is 40.0 Å². The van der Waals surface area contributed by atoms with Crippen molar-refractivity contribution in [2.45, 2.75) is 13.1 Å². The standard InChI is InChI=1S/C27H24F3N5O/c1-18-6-8-19(9-7-18)24-32-23-5-3-2-4-22(23)25(33-24)34-14-16-35(17-15-34)26(36)31-21-12-10-20(11-13-21)27(28,29)30/h2-13H,14-17H2,1H3,(H,31,36). The molecular formula is C27H24F3N5O. The summed E-state index contributed by atoms with van der Waals surface area (Å²) in [5.41, 5.74) is 2.50. The van der Waals surface area contributed by atoms with Gasteiger partial charge in [-0.15, -0.1) is 0 Å². The summed E-state index contributed by atoms with van der Waals surface area (Å²) in [4.78, 5) is 26.2. The van der Waals surface area contributed by atoms with E-state index in [0.29, 0.717) is 37.7 Å². The van der Waals surface area contributed by atoms with Crippen LogP contribution >= 0.6 is 0 Å². The molecule has 0 spiro atoms. The van der Waals surface area contributed by atoms with Gasteiger partial charge >= 0.3 is 12.2 Å². The molecule has 0 aliphatic carbocycles. The fourth-order valence-electron chi connectivity index (χ4n) is 4.20. The number of hydrogen-bond acceptors (Lipinski definition) is 4. The first kappa shape index (κ1) is 23.6. The van der Waals surface area contributed by atoms with Gasteiger partial charge in [0.1, 0.15) is 5.82 Å². The number of alkyl halides is 3. The molecule has 1 N–H and O–H groups in total. The Balaban J connectivity index is 1.31. The molecule has 4 aromatic rings. The maximum atomic E-state index is 12.8. The summed E-state index contributed by atoms with van der Waals surface area (Å²) >= 11 is 0. The zero-order valence-electron chi connectivity index (χ0n) is 19.6. The lowest BCUT2D eigenvalue weighted by Gasteiger charge is -2.36. The number of benzene rings is 3. The van der Waals surface area contributed by atoms with E-state index >= 15 is 0 Å². The zero-order chi connectivity index (χ0) is 25.3. The Labute approximate surface area is 206 Å². The number of amides is 2. The van der Waals surface area contributed by atoms with Crippen molar-refractivity contribution in [3.05, 3.63) is 83.9 Å². The van der Waals surface area contributed by atoms with Gasteiger partial charge < -0.3 is 15.1 Å². The Morgan fingerprint density at radius 3 is 2.19 bits per heavy atom. The summed E-state index contributed by atoms with van der Waals surface area (Å²) in [6, 6.07) is 20.0. The van der Waals surface area contributed by atoms with Crippen molar-refractivity contribution < 1.29 is 18.0 Å². The number of carbonyl (C=O) groups is 1. The van der Waals surface area contributed by atoms with Gasteiger partial charge in [0.2, 0.25) is 0 Å². The first-order valence-electron chi connectivity index (χ1n) is 11.6. The quantitative estimate of drug-likeness (QED) is 0.383. The Hall–Kier alpha value is -4.14. The molecule has 1 saturated heterocycles. The van der Waals surface area contributed by atoms with Crippen LogP contribution in [0, 0.1) is 6.92 Å². The van der Waals surface area contributed by atoms with Crippen molar-refractivity contribution >= 4 is 28.4 Å². The van der Waals surface area contributed by atoms with Crippen molar-refractivity contribution in [2.24, 2.45) is 0 Å². The number of aromatic nitrogens is 2. The topological polar surface area (TPSA) is 61.4 Å². The fourth-order valence-corrected chi connectivity index (χ4v) is 4.20. The van der Waals surface area contributed by atoms with Gasteiger partial charge in [-0.2, -0.15) is 13.2 Å². The van der Waals surface area contributed by atoms with E-state index in [4.69, 9.17) is 9.97 Å². The van der Waals surface area contributed by atoms with Crippen molar-refractivity contribution in [1.82, 2.24) is 14.9 Å². The number of aryl methyl sites for hydroxylation is 1. The molecule has 3 aromatic carbocycles. The second-order valence-corrected chi connectivity index (χ2v) is 8.73. The van der Waals surface area contributed by atoms with Crippen LogP contribution in [-0.4, -0.2) is 47.1 Å². The molecule has 0 atom stereocenters. The summed E-state index contributed by atoms with van der Waals surface area (Å²) < 4.78 is 38.3. The Bertz CT molecular complexity index is 1380. The second kappa shape index (κ2) is 9.49. The Kier molecular flexibility index (Phi) is 6.22. The van der Waals surface area contributed by atoms with E-state index in [1.807, 2.05) is 55.5 Å². The van der Waals surface area contributed by atoms with Crippen molar-refractivity contribution in [3.63, 3.8) is 0 Å². The largest absolute Gasteiger partial charge is 0.416 e. The van der Waals surface area contributed by atoms with Gasteiger partial charge in [-0.25, -0.2) is 14.8 Å². The molecule has 0 bridgehead atoms. The van der Waals surface area contributed by atoms with Crippen LogP contribution in [0.3, 0.4) is 0 Å². The first-order chi connectivity index (χ1) is 17.3. The van der Waals surface area contributed by atoms with E-state index in [1.54, 1.807) is 4.90 Å². The minimum atomic E-state index is -4.41. The van der Waals surface area contributed by atoms with Crippen LogP contribution in [0.1, 0.15) is 11.1 Å². The number of carbonyl (C=O) groups excluding carboxylic acids is 1. The molecule has 1 aromatic heterocycles. The summed E-state index contributed by atoms with van der Waals surface area (Å²) in [6.45, 7) is 4.06. The maximum absolute atomic E-state index is 12.8. The average molecular weight is 492 g/mol. The van der Waals surface area contributed by atoms with Crippen LogP contribution in [-0.2, 0) is 6.18 Å². The molecule has 9 heteroatoms. The minimum Gasteiger partial charge on any atom is -0.352 e. The lowest BCUT2D eigenvalue weighted by Crippen LogP contribution is -2.50. The number of halogens is 3. The molecule has 36 heavy (non-hydrogen) atoms. The van der Waals surface area contributed by atoms with Crippen LogP contribution < -0.4 is 10.2 Å². The van der Waals surface area contributed by atoms with E-state index in [1.165, 1.54) is 12.1 Å². The normalized spacial score (nSPS) is 14.2. The summed E-state index contributed by atoms with van der Waals surface area (Å²) in [5, 5.41) is 3.63. The molecule has 2 amide bonds. The molecule has 0 radical (unpaired) electrons. The highest BCUT2D eigenvalue weighted by atomic mass is 19.4. The van der Waals surface area contributed by atoms with E-state index in [9.17, 15) is 18.0 Å². The summed E-state index contributed by atoms with van der Waals surface area (Å²) in [7, 11) is 0. The van der Waals surface area contributed by atoms with Crippen LogP contribution in [0.4, 0.5) is 29.5 Å². The van der Waals surface area contributed by atoms with E-state index < -0.39 is 11.7 Å². The van der Waals surface area contributed by atoms with Gasteiger partial charge in [0, 0.05) is 42.8 Å². The molecule has 1 fully saturated rings. The summed E-state index contributed by atoms with van der Waals surface area (Å²) in [5.74, 6) is 1.46. The monoisotopic (exact) mass is 491 g/mol. The number of hydrogen-bond donors (Lipinski definition) is 1. The van der Waals surface area contributed by atoms with E-state index in [-0.39, 0.29) is 6.03 Å². The summed E-state index contributed by atoms with van der Waals surface area (Å²) in [6.07, 6.45) is -4.41. The molecule has 0 saturated carbocycles. The van der Waals surface area contributed by atoms with Crippen molar-refractivity contribution in [3.8, 4) is 11.4 Å². The van der Waals surface area contributed by atoms with Gasteiger partial charge in [0.25, 0.3) is 0 Å². The lowest BCUT2D eigenvalue weighted by molar-refractivity contribution is -0.137. The molecular weight excluding hydrogens is 467 g/mol. The molecule has 184 valence electrons. The third-order valence-corrected chi connectivity index (χ3v) is 6.22. The second-order valence-electron chi connectivity index (χ2n) is 8.73. The highest BCUT2D eigenvalue weighted by molar-refractivity contribution is 5.92. The van der Waals surface area contributed by atoms with E-state index in [2.05, 4.69) is 10.2 Å². The number of piperazine rings is 1. The Morgan fingerprint density at radius 2 is 1.53 bits per heavy atom. The molecule has 6 nitrogen and oxygen atoms in total. The zero-order valence-corrected chi connectivity index (χ0v) is 19.6. The predicted octanol–water partition coefficient (Wildman–Crippen LogP) is 5.98. The van der Waals surface area contributed by atoms with Gasteiger partial charge in [-0.05, 0) is 43.3 Å². The molecule has 5 rings (SSSR count). The van der Waals surface area contributed by atoms with Crippen LogP contribution in [0.25, 0.3) is 22.3 Å². The molecule has 2 heterocycles. The number of para-hydroxylation sites is 1. The van der Waals surface area contributed by atoms with Crippen LogP contribution in [0.5, 0.6) is 0 Å². The fraction of sp³-hybridized carbons (Fsp3) is 0.222. The molecule has 1 aliphatic rings. The first-order valence-corrected chi connectivity index (χ1v) is 11.6. The van der Waals surface area contributed by atoms with Crippen molar-refractivity contribution in [2.75, 3.05) is 36.4 Å². The number of nitrogens with zero attached hydrogens (tertiary/aromatic N) is 4. The van der Waals surface area contributed by atoms with Crippen LogP contribution in [0.15, 0.2) is 72.8 Å². The molecule has 1 aliphatic heterocycles.